The number of anilines is 1. The van der Waals surface area contributed by atoms with Gasteiger partial charge >= 0.3 is 0 Å². The zero-order chi connectivity index (χ0) is 22.9. The molecule has 4 rings (SSSR count). The van der Waals surface area contributed by atoms with E-state index in [4.69, 9.17) is 0 Å². The van der Waals surface area contributed by atoms with Crippen molar-refractivity contribution in [2.75, 3.05) is 10.5 Å². The van der Waals surface area contributed by atoms with Gasteiger partial charge in [-0.05, 0) is 37.0 Å². The van der Waals surface area contributed by atoms with Gasteiger partial charge in [-0.15, -0.1) is 0 Å². The highest BCUT2D eigenvalue weighted by Crippen LogP contribution is 2.33. The molecule has 1 aromatic carbocycles. The standard InChI is InChI=1S/C22H24F2N4O3S/c1-2-9-32(30,31)27-17-8-7-16(23)21(22(17)24)19(29)10-14-12-25-20-11-18(26-28(20)13-14)15-5-3-4-6-15/h7-8,11-13,15,27H,2-6,9-10H2,1H3. The minimum atomic E-state index is -3.80. The summed E-state index contributed by atoms with van der Waals surface area (Å²) >= 11 is 0. The first-order chi connectivity index (χ1) is 15.3. The number of nitrogens with zero attached hydrogens (tertiary/aromatic N) is 3. The average molecular weight is 463 g/mol. The van der Waals surface area contributed by atoms with Crippen molar-refractivity contribution in [1.29, 1.82) is 0 Å². The molecule has 3 aromatic rings. The summed E-state index contributed by atoms with van der Waals surface area (Å²) in [4.78, 5) is 17.1. The number of carbonyl (C=O) groups excluding carboxylic acids is 1. The molecule has 0 unspecified atom stereocenters. The Morgan fingerprint density at radius 1 is 1.25 bits per heavy atom. The Hall–Kier alpha value is -2.88. The maximum Gasteiger partial charge on any atom is 0.232 e. The summed E-state index contributed by atoms with van der Waals surface area (Å²) < 4.78 is 56.8. The van der Waals surface area contributed by atoms with Crippen LogP contribution in [0.3, 0.4) is 0 Å². The highest BCUT2D eigenvalue weighted by Gasteiger charge is 2.24. The van der Waals surface area contributed by atoms with Crippen LogP contribution < -0.4 is 4.72 Å². The normalized spacial score (nSPS) is 14.8. The number of benzene rings is 1. The van der Waals surface area contributed by atoms with Gasteiger partial charge in [-0.1, -0.05) is 19.8 Å². The van der Waals surface area contributed by atoms with Crippen molar-refractivity contribution in [3.63, 3.8) is 0 Å². The van der Waals surface area contributed by atoms with E-state index in [-0.39, 0.29) is 12.2 Å². The summed E-state index contributed by atoms with van der Waals surface area (Å²) in [5, 5.41) is 4.56. The first-order valence-corrected chi connectivity index (χ1v) is 12.3. The van der Waals surface area contributed by atoms with Crippen LogP contribution in [-0.2, 0) is 16.4 Å². The molecule has 0 bridgehead atoms. The van der Waals surface area contributed by atoms with E-state index in [1.165, 1.54) is 19.0 Å². The van der Waals surface area contributed by atoms with Crippen molar-refractivity contribution in [2.45, 2.75) is 51.4 Å². The molecule has 0 atom stereocenters. The van der Waals surface area contributed by atoms with Gasteiger partial charge in [0.05, 0.1) is 22.7 Å². The number of halogens is 2. The topological polar surface area (TPSA) is 93.4 Å². The first kappa shape index (κ1) is 22.3. The molecule has 170 valence electrons. The quantitative estimate of drug-likeness (QED) is 0.506. The summed E-state index contributed by atoms with van der Waals surface area (Å²) in [6.45, 7) is 1.66. The van der Waals surface area contributed by atoms with E-state index in [9.17, 15) is 22.0 Å². The molecule has 0 saturated heterocycles. The van der Waals surface area contributed by atoms with Gasteiger partial charge in [0.25, 0.3) is 0 Å². The lowest BCUT2D eigenvalue weighted by Crippen LogP contribution is -2.19. The third kappa shape index (κ3) is 4.64. The van der Waals surface area contributed by atoms with Gasteiger partial charge in [0, 0.05) is 30.8 Å². The van der Waals surface area contributed by atoms with Crippen LogP contribution in [0.2, 0.25) is 0 Å². The lowest BCUT2D eigenvalue weighted by Gasteiger charge is -2.11. The van der Waals surface area contributed by atoms with Gasteiger partial charge < -0.3 is 0 Å². The molecule has 2 heterocycles. The zero-order valence-corrected chi connectivity index (χ0v) is 18.5. The predicted octanol–water partition coefficient (Wildman–Crippen LogP) is 4.24. The van der Waals surface area contributed by atoms with Gasteiger partial charge in [0.1, 0.15) is 5.82 Å². The first-order valence-electron chi connectivity index (χ1n) is 10.6. The van der Waals surface area contributed by atoms with Gasteiger partial charge in [-0.2, -0.15) is 5.10 Å². The predicted molar refractivity (Wildman–Crippen MR) is 116 cm³/mol. The van der Waals surface area contributed by atoms with Gasteiger partial charge in [-0.25, -0.2) is 26.7 Å². The maximum atomic E-state index is 14.9. The zero-order valence-electron chi connectivity index (χ0n) is 17.6. The molecule has 1 saturated carbocycles. The fraction of sp³-hybridized carbons (Fsp3) is 0.409. The summed E-state index contributed by atoms with van der Waals surface area (Å²) in [5.74, 6) is -2.91. The molecule has 7 nitrogen and oxygen atoms in total. The Bertz CT molecular complexity index is 1270. The largest absolute Gasteiger partial charge is 0.294 e. The smallest absolute Gasteiger partial charge is 0.232 e. The van der Waals surface area contributed by atoms with Crippen molar-refractivity contribution >= 4 is 27.1 Å². The number of hydrogen-bond donors (Lipinski definition) is 1. The number of nitrogens with one attached hydrogen (secondary N) is 1. The molecular formula is C22H24F2N4O3S. The monoisotopic (exact) mass is 462 g/mol. The number of hydrogen-bond acceptors (Lipinski definition) is 5. The number of sulfonamides is 1. The van der Waals surface area contributed by atoms with E-state index >= 15 is 0 Å². The highest BCUT2D eigenvalue weighted by molar-refractivity contribution is 7.92. The number of rotatable bonds is 8. The molecule has 1 aliphatic rings. The Labute approximate surface area is 184 Å². The molecule has 0 radical (unpaired) electrons. The molecule has 1 N–H and O–H groups in total. The molecule has 0 spiro atoms. The van der Waals surface area contributed by atoms with Crippen LogP contribution in [0.1, 0.15) is 66.6 Å². The van der Waals surface area contributed by atoms with Crippen molar-refractivity contribution in [3.05, 3.63) is 59.0 Å². The summed E-state index contributed by atoms with van der Waals surface area (Å²) in [6.07, 6.45) is 7.67. The van der Waals surface area contributed by atoms with E-state index in [0.29, 0.717) is 23.5 Å². The second kappa shape index (κ2) is 8.93. The highest BCUT2D eigenvalue weighted by atomic mass is 32.2. The van der Waals surface area contributed by atoms with Gasteiger partial charge in [0.15, 0.2) is 17.2 Å². The van der Waals surface area contributed by atoms with E-state index in [0.717, 1.165) is 30.7 Å². The molecule has 32 heavy (non-hydrogen) atoms. The SMILES string of the molecule is CCCS(=O)(=O)Nc1ccc(F)c(C(=O)Cc2cnc3cc(C4CCCC4)nn3c2)c1F. The number of carbonyl (C=O) groups is 1. The third-order valence-corrected chi connectivity index (χ3v) is 7.11. The summed E-state index contributed by atoms with van der Waals surface area (Å²) in [5.41, 5.74) is 0.814. The van der Waals surface area contributed by atoms with Crippen LogP contribution in [-0.4, -0.2) is 34.6 Å². The minimum absolute atomic E-state index is 0.217. The summed E-state index contributed by atoms with van der Waals surface area (Å²) in [7, 11) is -3.80. The van der Waals surface area contributed by atoms with E-state index in [2.05, 4.69) is 14.8 Å². The lowest BCUT2D eigenvalue weighted by atomic mass is 10.0. The van der Waals surface area contributed by atoms with E-state index in [1.54, 1.807) is 17.6 Å². The molecule has 1 fully saturated rings. The summed E-state index contributed by atoms with van der Waals surface area (Å²) in [6, 6.07) is 3.77. The molecular weight excluding hydrogens is 438 g/mol. The Morgan fingerprint density at radius 3 is 2.72 bits per heavy atom. The fourth-order valence-corrected chi connectivity index (χ4v) is 5.23. The van der Waals surface area contributed by atoms with Crippen molar-refractivity contribution < 1.29 is 22.0 Å². The number of ketones is 1. The Kier molecular flexibility index (Phi) is 6.23. The minimum Gasteiger partial charge on any atom is -0.294 e. The molecule has 2 aromatic heterocycles. The Balaban J connectivity index is 1.58. The molecule has 10 heteroatoms. The molecule has 1 aliphatic carbocycles. The maximum absolute atomic E-state index is 14.9. The van der Waals surface area contributed by atoms with Crippen molar-refractivity contribution in [2.24, 2.45) is 0 Å². The van der Waals surface area contributed by atoms with E-state index < -0.39 is 38.7 Å². The second-order valence-corrected chi connectivity index (χ2v) is 9.96. The fourth-order valence-electron chi connectivity index (χ4n) is 4.09. The van der Waals surface area contributed by atoms with E-state index in [1.807, 2.05) is 6.07 Å². The van der Waals surface area contributed by atoms with Crippen LogP contribution in [0.15, 0.2) is 30.6 Å². The molecule has 0 amide bonds. The Morgan fingerprint density at radius 2 is 2.00 bits per heavy atom. The van der Waals surface area contributed by atoms with Crippen LogP contribution in [0.4, 0.5) is 14.5 Å². The van der Waals surface area contributed by atoms with Crippen molar-refractivity contribution in [1.82, 2.24) is 14.6 Å². The van der Waals surface area contributed by atoms with Crippen molar-refractivity contribution in [3.8, 4) is 0 Å². The van der Waals surface area contributed by atoms with Gasteiger partial charge in [0.2, 0.25) is 10.0 Å². The van der Waals surface area contributed by atoms with Gasteiger partial charge in [-0.3, -0.25) is 9.52 Å². The average Bonchev–Trinajstić information content (AvgIpc) is 3.39. The van der Waals surface area contributed by atoms with Crippen LogP contribution in [0.25, 0.3) is 5.65 Å². The van der Waals surface area contributed by atoms with Crippen LogP contribution in [0, 0.1) is 11.6 Å². The number of Topliss-reactive ketones (excluding diaryl/α,β-unsaturated/α-hetero) is 1. The number of fused-ring (bicyclic) bond motifs is 1. The third-order valence-electron chi connectivity index (χ3n) is 5.63. The van der Waals surface area contributed by atoms with Crippen LogP contribution >= 0.6 is 0 Å². The number of aromatic nitrogens is 3. The molecule has 0 aliphatic heterocycles. The van der Waals surface area contributed by atoms with Crippen LogP contribution in [0.5, 0.6) is 0 Å². The second-order valence-electron chi connectivity index (χ2n) is 8.12. The lowest BCUT2D eigenvalue weighted by molar-refractivity contribution is 0.0984.